The molecule has 336 valence electrons. The van der Waals surface area contributed by atoms with Crippen LogP contribution in [0.3, 0.4) is 0 Å². The molecule has 2 heterocycles. The Balaban J connectivity index is 0.000000240. The fourth-order valence-electron chi connectivity index (χ4n) is 6.67. The number of ketones is 2. The number of nitrogens with zero attached hydrogens (tertiary/aromatic N) is 6. The molecule has 2 aliphatic rings. The van der Waals surface area contributed by atoms with Crippen LogP contribution in [-0.2, 0) is 17.9 Å². The molecular weight excluding hydrogens is 867 g/mol. The van der Waals surface area contributed by atoms with Crippen LogP contribution < -0.4 is 20.9 Å². The normalized spacial score (nSPS) is 14.4. The maximum atomic E-state index is 14.9. The summed E-state index contributed by atoms with van der Waals surface area (Å²) < 4.78 is 54.1. The van der Waals surface area contributed by atoms with E-state index >= 15 is 0 Å². The second-order valence-electron chi connectivity index (χ2n) is 15.0. The van der Waals surface area contributed by atoms with Crippen LogP contribution in [0.2, 0.25) is 10.0 Å². The maximum Gasteiger partial charge on any atom is 0.324 e. The number of urea groups is 2. The molecule has 19 heteroatoms. The number of nitrogens with one attached hydrogen (secondary N) is 1. The highest BCUT2D eigenvalue weighted by atomic mass is 35.5. The summed E-state index contributed by atoms with van der Waals surface area (Å²) in [6, 6.07) is 20.9. The summed E-state index contributed by atoms with van der Waals surface area (Å²) >= 11 is 12.2. The monoisotopic (exact) mass is 914 g/mol. The molecule has 0 atom stereocenters. The molecule has 0 radical (unpaired) electrons. The van der Waals surface area contributed by atoms with E-state index in [0.717, 1.165) is 19.2 Å². The first-order valence-electron chi connectivity index (χ1n) is 19.9. The molecule has 4 aromatic rings. The predicted octanol–water partition coefficient (Wildman–Crippen LogP) is 6.41. The molecule has 3 N–H and O–H groups in total. The van der Waals surface area contributed by atoms with E-state index < -0.39 is 36.3 Å². The number of carbonyl (C=O) groups excluding carboxylic acids is 5. The van der Waals surface area contributed by atoms with E-state index in [9.17, 15) is 41.5 Å². The van der Waals surface area contributed by atoms with Crippen molar-refractivity contribution in [3.05, 3.63) is 129 Å². The molecule has 5 amide bonds. The summed E-state index contributed by atoms with van der Waals surface area (Å²) in [6.07, 6.45) is -3.25. The predicted molar refractivity (Wildman–Crippen MR) is 234 cm³/mol. The van der Waals surface area contributed by atoms with E-state index in [1.807, 2.05) is 14.1 Å². The van der Waals surface area contributed by atoms with Gasteiger partial charge in [0.1, 0.15) is 11.6 Å². The fourth-order valence-corrected chi connectivity index (χ4v) is 7.04. The van der Waals surface area contributed by atoms with Crippen molar-refractivity contribution in [2.45, 2.75) is 19.5 Å². The second kappa shape index (κ2) is 22.7. The average molecular weight is 916 g/mol. The smallest absolute Gasteiger partial charge is 0.324 e. The zero-order valence-electron chi connectivity index (χ0n) is 34.7. The molecule has 2 aliphatic heterocycles. The van der Waals surface area contributed by atoms with Gasteiger partial charge in [-0.25, -0.2) is 18.4 Å². The lowest BCUT2D eigenvalue weighted by atomic mass is 10.1. The first-order valence-corrected chi connectivity index (χ1v) is 20.7. The minimum absolute atomic E-state index is 0.0223. The first kappa shape index (κ1) is 48.4. The van der Waals surface area contributed by atoms with Gasteiger partial charge in [0.15, 0.2) is 11.6 Å². The summed E-state index contributed by atoms with van der Waals surface area (Å²) in [4.78, 5) is 72.0. The number of rotatable bonds is 12. The molecule has 0 unspecified atom stereocenters. The molecule has 0 saturated carbocycles. The lowest BCUT2D eigenvalue weighted by Gasteiger charge is -2.36. The van der Waals surface area contributed by atoms with Crippen LogP contribution in [0.25, 0.3) is 0 Å². The number of amides is 5. The number of hydrogen-bond donors (Lipinski definition) is 2. The van der Waals surface area contributed by atoms with E-state index in [1.54, 1.807) is 63.6 Å². The zero-order chi connectivity index (χ0) is 45.8. The van der Waals surface area contributed by atoms with Crippen molar-refractivity contribution in [3.63, 3.8) is 0 Å². The van der Waals surface area contributed by atoms with Gasteiger partial charge in [-0.2, -0.15) is 8.78 Å². The van der Waals surface area contributed by atoms with Gasteiger partial charge in [0.2, 0.25) is 0 Å². The van der Waals surface area contributed by atoms with Gasteiger partial charge in [-0.05, 0) is 62.6 Å². The van der Waals surface area contributed by atoms with Crippen LogP contribution in [0.5, 0.6) is 0 Å². The van der Waals surface area contributed by atoms with E-state index in [-0.39, 0.29) is 54.2 Å². The van der Waals surface area contributed by atoms with Gasteiger partial charge in [-0.3, -0.25) is 24.2 Å². The highest BCUT2D eigenvalue weighted by molar-refractivity contribution is 6.31. The van der Waals surface area contributed by atoms with Crippen LogP contribution in [0, 0.1) is 11.6 Å². The Bertz CT molecular complexity index is 2280. The molecule has 4 aromatic carbocycles. The number of likely N-dealkylation sites (N-methyl/N-ethyl adjacent to an activating group) is 2. The third-order valence-corrected chi connectivity index (χ3v) is 10.9. The summed E-state index contributed by atoms with van der Waals surface area (Å²) in [6.45, 7) is 4.25. The van der Waals surface area contributed by atoms with Crippen molar-refractivity contribution in [2.24, 2.45) is 5.73 Å². The van der Waals surface area contributed by atoms with Gasteiger partial charge in [0.25, 0.3) is 5.91 Å². The quantitative estimate of drug-likeness (QED) is 0.123. The fraction of sp³-hybridized carbons (Fsp3) is 0.341. The number of piperazine rings is 2. The van der Waals surface area contributed by atoms with Gasteiger partial charge in [-0.15, -0.1) is 0 Å². The van der Waals surface area contributed by atoms with Crippen molar-refractivity contribution in [3.8, 4) is 0 Å². The minimum atomic E-state index is -3.25. The molecule has 0 spiro atoms. The van der Waals surface area contributed by atoms with Gasteiger partial charge >= 0.3 is 18.5 Å². The summed E-state index contributed by atoms with van der Waals surface area (Å²) in [7, 11) is 3.98. The van der Waals surface area contributed by atoms with Crippen LogP contribution in [0.1, 0.15) is 31.8 Å². The summed E-state index contributed by atoms with van der Waals surface area (Å²) in [5.41, 5.74) is 7.01. The molecule has 2 saturated heterocycles. The Morgan fingerprint density at radius 1 is 0.635 bits per heavy atom. The highest BCUT2D eigenvalue weighted by Crippen LogP contribution is 2.27. The van der Waals surface area contributed by atoms with Crippen LogP contribution in [-0.4, -0.2) is 135 Å². The molecule has 0 aromatic heterocycles. The third kappa shape index (κ3) is 13.5. The van der Waals surface area contributed by atoms with E-state index in [1.165, 1.54) is 40.1 Å². The van der Waals surface area contributed by atoms with Crippen LogP contribution in [0.4, 0.5) is 38.5 Å². The standard InChI is InChI=1S/C23H24ClF3N4O3.C21H24ClFN4O2/c1-29-7-9-30(10-8-29)23(34)31(18-4-2-3-17(24)12-18)14-16-6-5-15(11-19(16)25)20(32)13-28-22(33)21(26)27;1-25-7-9-26(10-8-25)21(29)27(18-4-2-3-17(22)12-18)14-16-6-5-15(11-19(16)23)20(28)13-24/h2-6,11-12,21H,7-10,13-14H2,1H3,(H,28,33);2-6,11-12H,7-10,13-14,24H2,1H3. The highest BCUT2D eigenvalue weighted by Gasteiger charge is 2.28. The van der Waals surface area contributed by atoms with Crippen molar-refractivity contribution < 1.29 is 41.5 Å². The Hall–Kier alpha value is -5.59. The third-order valence-electron chi connectivity index (χ3n) is 10.5. The molecule has 0 bridgehead atoms. The van der Waals surface area contributed by atoms with E-state index in [4.69, 9.17) is 28.9 Å². The molecular formula is C44H48Cl2F4N8O5. The molecule has 13 nitrogen and oxygen atoms in total. The number of carbonyl (C=O) groups is 5. The zero-order valence-corrected chi connectivity index (χ0v) is 36.2. The summed E-state index contributed by atoms with van der Waals surface area (Å²) in [5.74, 6) is -3.94. The first-order chi connectivity index (χ1) is 30.0. The molecule has 63 heavy (non-hydrogen) atoms. The van der Waals surface area contributed by atoms with Crippen molar-refractivity contribution in [1.82, 2.24) is 24.9 Å². The number of Topliss-reactive ketones (excluding diaryl/α,β-unsaturated/α-hetero) is 2. The Labute approximate surface area is 372 Å². The average Bonchev–Trinajstić information content (AvgIpc) is 3.27. The lowest BCUT2D eigenvalue weighted by Crippen LogP contribution is -2.52. The van der Waals surface area contributed by atoms with Gasteiger partial charge in [0, 0.05) is 96.0 Å². The van der Waals surface area contributed by atoms with Crippen LogP contribution >= 0.6 is 23.2 Å². The van der Waals surface area contributed by atoms with Gasteiger partial charge in [0.05, 0.1) is 26.2 Å². The van der Waals surface area contributed by atoms with Crippen molar-refractivity contribution >= 4 is 64.1 Å². The number of halogens is 6. The van der Waals surface area contributed by atoms with E-state index in [0.29, 0.717) is 66.3 Å². The Kier molecular flexibility index (Phi) is 17.4. The second-order valence-corrected chi connectivity index (χ2v) is 15.8. The number of benzene rings is 4. The minimum Gasteiger partial charge on any atom is -0.344 e. The van der Waals surface area contributed by atoms with Crippen molar-refractivity contribution in [2.75, 3.05) is 89.3 Å². The number of alkyl halides is 2. The number of nitrogens with two attached hydrogens (primary N) is 1. The number of anilines is 2. The largest absolute Gasteiger partial charge is 0.344 e. The summed E-state index contributed by atoms with van der Waals surface area (Å²) in [5, 5.41) is 2.70. The van der Waals surface area contributed by atoms with Crippen LogP contribution in [0.15, 0.2) is 84.9 Å². The molecule has 0 aliphatic carbocycles. The van der Waals surface area contributed by atoms with E-state index in [2.05, 4.69) is 9.80 Å². The van der Waals surface area contributed by atoms with Gasteiger partial charge < -0.3 is 30.7 Å². The maximum absolute atomic E-state index is 14.9. The van der Waals surface area contributed by atoms with Crippen molar-refractivity contribution in [1.29, 1.82) is 0 Å². The topological polar surface area (TPSA) is 143 Å². The Morgan fingerprint density at radius 2 is 1.05 bits per heavy atom. The SMILES string of the molecule is CN1CCN(C(=O)N(Cc2ccc(C(=O)CN)cc2F)c2cccc(Cl)c2)CC1.CN1CCN(C(=O)N(Cc2ccc(C(=O)CNC(=O)C(F)F)cc2F)c2cccc(Cl)c2)CC1. The lowest BCUT2D eigenvalue weighted by molar-refractivity contribution is -0.131. The molecule has 2 fully saturated rings. The molecule has 6 rings (SSSR count). The number of hydrogen-bond acceptors (Lipinski definition) is 8. The Morgan fingerprint density at radius 3 is 1.41 bits per heavy atom. The van der Waals surface area contributed by atoms with Gasteiger partial charge in [-0.1, -0.05) is 59.6 Å².